The minimum atomic E-state index is -0.0484. The molecule has 19 heavy (non-hydrogen) atoms. The molecule has 0 radical (unpaired) electrons. The lowest BCUT2D eigenvalue weighted by molar-refractivity contribution is -0.124. The Hall–Kier alpha value is -1.14. The summed E-state index contributed by atoms with van der Waals surface area (Å²) in [5.41, 5.74) is 0. The van der Waals surface area contributed by atoms with E-state index < -0.39 is 0 Å². The molecular formula is C13H22N4OS. The normalized spacial score (nSPS) is 19.3. The summed E-state index contributed by atoms with van der Waals surface area (Å²) < 4.78 is 0. The van der Waals surface area contributed by atoms with Crippen LogP contribution in [0.15, 0.2) is 6.20 Å². The van der Waals surface area contributed by atoms with Crippen LogP contribution in [0.4, 0.5) is 5.13 Å². The number of carbonyl (C=O) groups excluding carboxylic acids is 1. The molecule has 1 aliphatic heterocycles. The van der Waals surface area contributed by atoms with Gasteiger partial charge in [0.15, 0.2) is 5.13 Å². The molecule has 0 bridgehead atoms. The van der Waals surface area contributed by atoms with E-state index in [2.05, 4.69) is 34.4 Å². The number of aromatic nitrogens is 1. The summed E-state index contributed by atoms with van der Waals surface area (Å²) in [6.45, 7) is 7.74. The Morgan fingerprint density at radius 3 is 3.00 bits per heavy atom. The first kappa shape index (κ1) is 14.3. The molecule has 1 fully saturated rings. The molecule has 5 nitrogen and oxygen atoms in total. The minimum absolute atomic E-state index is 0.0484. The Labute approximate surface area is 118 Å². The van der Waals surface area contributed by atoms with Gasteiger partial charge in [-0.05, 0) is 26.7 Å². The molecule has 1 unspecified atom stereocenters. The van der Waals surface area contributed by atoms with Gasteiger partial charge in [0.05, 0.1) is 6.04 Å². The van der Waals surface area contributed by atoms with Gasteiger partial charge in [-0.25, -0.2) is 4.98 Å². The van der Waals surface area contributed by atoms with Crippen molar-refractivity contribution in [1.29, 1.82) is 0 Å². The van der Waals surface area contributed by atoms with Gasteiger partial charge in [0, 0.05) is 37.3 Å². The highest BCUT2D eigenvalue weighted by Crippen LogP contribution is 2.22. The lowest BCUT2D eigenvalue weighted by atomic mass is 10.1. The third-order valence-corrected chi connectivity index (χ3v) is 4.44. The number of thiazole rings is 1. The summed E-state index contributed by atoms with van der Waals surface area (Å²) >= 11 is 1.70. The van der Waals surface area contributed by atoms with Crippen molar-refractivity contribution in [3.8, 4) is 0 Å². The van der Waals surface area contributed by atoms with E-state index in [1.165, 1.54) is 4.88 Å². The van der Waals surface area contributed by atoms with Gasteiger partial charge in [0.2, 0.25) is 5.91 Å². The van der Waals surface area contributed by atoms with Gasteiger partial charge in [0.1, 0.15) is 0 Å². The molecule has 0 aromatic carbocycles. The van der Waals surface area contributed by atoms with E-state index >= 15 is 0 Å². The predicted molar refractivity (Wildman–Crippen MR) is 78.5 cm³/mol. The molecular weight excluding hydrogens is 260 g/mol. The van der Waals surface area contributed by atoms with E-state index in [1.807, 2.05) is 6.20 Å². The highest BCUT2D eigenvalue weighted by atomic mass is 32.1. The van der Waals surface area contributed by atoms with Gasteiger partial charge in [-0.15, -0.1) is 11.3 Å². The summed E-state index contributed by atoms with van der Waals surface area (Å²) in [5, 5.41) is 7.27. The maximum Gasteiger partial charge on any atom is 0.237 e. The van der Waals surface area contributed by atoms with Crippen molar-refractivity contribution in [3.63, 3.8) is 0 Å². The molecule has 1 aromatic rings. The molecule has 2 N–H and O–H groups in total. The molecule has 1 saturated heterocycles. The second kappa shape index (κ2) is 6.86. The van der Waals surface area contributed by atoms with Gasteiger partial charge in [0.25, 0.3) is 0 Å². The van der Waals surface area contributed by atoms with Crippen molar-refractivity contribution in [2.24, 2.45) is 0 Å². The number of nitrogens with one attached hydrogen (secondary N) is 2. The number of nitrogens with zero attached hydrogens (tertiary/aromatic N) is 2. The molecule has 0 aliphatic carbocycles. The minimum Gasteiger partial charge on any atom is -0.355 e. The van der Waals surface area contributed by atoms with Crippen LogP contribution in [0.1, 0.15) is 31.6 Å². The molecule has 106 valence electrons. The third kappa shape index (κ3) is 3.67. The van der Waals surface area contributed by atoms with E-state index in [0.29, 0.717) is 0 Å². The van der Waals surface area contributed by atoms with Crippen molar-refractivity contribution >= 4 is 22.4 Å². The molecule has 0 saturated carbocycles. The summed E-state index contributed by atoms with van der Waals surface area (Å²) in [4.78, 5) is 19.5. The Kier molecular flexibility index (Phi) is 5.15. The van der Waals surface area contributed by atoms with Crippen molar-refractivity contribution < 1.29 is 4.79 Å². The van der Waals surface area contributed by atoms with Gasteiger partial charge in [-0.1, -0.05) is 0 Å². The number of rotatable bonds is 6. The number of amides is 1. The van der Waals surface area contributed by atoms with Crippen LogP contribution in [0, 0.1) is 0 Å². The third-order valence-electron chi connectivity index (χ3n) is 3.38. The molecule has 1 aliphatic rings. The first-order valence-electron chi connectivity index (χ1n) is 6.95. The second-order valence-corrected chi connectivity index (χ2v) is 5.74. The van der Waals surface area contributed by atoms with Crippen LogP contribution in [-0.4, -0.2) is 36.6 Å². The Bertz CT molecular complexity index is 417. The Morgan fingerprint density at radius 1 is 1.53 bits per heavy atom. The summed E-state index contributed by atoms with van der Waals surface area (Å²) in [6.07, 6.45) is 3.89. The molecule has 1 aromatic heterocycles. The van der Waals surface area contributed by atoms with Crippen LogP contribution < -0.4 is 15.5 Å². The lowest BCUT2D eigenvalue weighted by Gasteiger charge is -2.22. The maximum absolute atomic E-state index is 11.6. The number of piperidine rings is 1. The summed E-state index contributed by atoms with van der Waals surface area (Å²) in [7, 11) is 0. The summed E-state index contributed by atoms with van der Waals surface area (Å²) in [6, 6.07) is -0.0484. The zero-order valence-corrected chi connectivity index (χ0v) is 12.4. The van der Waals surface area contributed by atoms with E-state index in [4.69, 9.17) is 0 Å². The highest BCUT2D eigenvalue weighted by Gasteiger charge is 2.21. The fourth-order valence-corrected chi connectivity index (χ4v) is 3.20. The van der Waals surface area contributed by atoms with Gasteiger partial charge >= 0.3 is 0 Å². The number of hydrogen-bond acceptors (Lipinski definition) is 5. The second-order valence-electron chi connectivity index (χ2n) is 4.65. The van der Waals surface area contributed by atoms with Gasteiger partial charge in [-0.2, -0.15) is 0 Å². The van der Waals surface area contributed by atoms with E-state index in [0.717, 1.165) is 44.2 Å². The van der Waals surface area contributed by atoms with Crippen LogP contribution >= 0.6 is 11.3 Å². The zero-order chi connectivity index (χ0) is 13.7. The zero-order valence-electron chi connectivity index (χ0n) is 11.6. The van der Waals surface area contributed by atoms with Gasteiger partial charge < -0.3 is 15.5 Å². The number of hydrogen-bond donors (Lipinski definition) is 2. The average molecular weight is 282 g/mol. The van der Waals surface area contributed by atoms with Crippen molar-refractivity contribution in [2.45, 2.75) is 39.3 Å². The predicted octanol–water partition coefficient (Wildman–Crippen LogP) is 1.36. The van der Waals surface area contributed by atoms with Crippen LogP contribution in [-0.2, 0) is 11.3 Å². The molecule has 6 heteroatoms. The fourth-order valence-electron chi connectivity index (χ4n) is 2.21. The van der Waals surface area contributed by atoms with Crippen LogP contribution in [0.25, 0.3) is 0 Å². The van der Waals surface area contributed by atoms with Crippen LogP contribution in [0.5, 0.6) is 0 Å². The Morgan fingerprint density at radius 2 is 2.32 bits per heavy atom. The molecule has 0 spiro atoms. The molecule has 1 amide bonds. The highest BCUT2D eigenvalue weighted by molar-refractivity contribution is 7.15. The molecule has 2 rings (SSSR count). The average Bonchev–Trinajstić information content (AvgIpc) is 2.88. The van der Waals surface area contributed by atoms with Crippen molar-refractivity contribution in [1.82, 2.24) is 15.6 Å². The standard InChI is InChI=1S/C13H22N4OS/c1-3-17(4-2)13-16-9-10(19-13)8-15-11-6-5-7-14-12(11)18/h9,11,15H,3-8H2,1-2H3,(H,14,18). The lowest BCUT2D eigenvalue weighted by Crippen LogP contribution is -2.47. The monoisotopic (exact) mass is 282 g/mol. The number of carbonyl (C=O) groups is 1. The fraction of sp³-hybridized carbons (Fsp3) is 0.692. The topological polar surface area (TPSA) is 57.3 Å². The largest absolute Gasteiger partial charge is 0.355 e. The van der Waals surface area contributed by atoms with Gasteiger partial charge in [-0.3, -0.25) is 4.79 Å². The Balaban J connectivity index is 1.87. The summed E-state index contributed by atoms with van der Waals surface area (Å²) in [5.74, 6) is 0.125. The first-order valence-corrected chi connectivity index (χ1v) is 7.77. The quantitative estimate of drug-likeness (QED) is 0.827. The molecule has 2 heterocycles. The van der Waals surface area contributed by atoms with E-state index in [9.17, 15) is 4.79 Å². The van der Waals surface area contributed by atoms with Crippen molar-refractivity contribution in [2.75, 3.05) is 24.5 Å². The smallest absolute Gasteiger partial charge is 0.237 e. The van der Waals surface area contributed by atoms with Crippen molar-refractivity contribution in [3.05, 3.63) is 11.1 Å². The van der Waals surface area contributed by atoms with Crippen LogP contribution in [0.2, 0.25) is 0 Å². The first-order chi connectivity index (χ1) is 9.24. The van der Waals surface area contributed by atoms with E-state index in [-0.39, 0.29) is 11.9 Å². The number of anilines is 1. The van der Waals surface area contributed by atoms with Crippen LogP contribution in [0.3, 0.4) is 0 Å². The maximum atomic E-state index is 11.6. The molecule has 1 atom stereocenters. The van der Waals surface area contributed by atoms with E-state index in [1.54, 1.807) is 11.3 Å². The SMILES string of the molecule is CCN(CC)c1ncc(CNC2CCCNC2=O)s1.